The smallest absolute Gasteiger partial charge is 0.175 e. The average Bonchev–Trinajstić information content (AvgIpc) is 2.67. The van der Waals surface area contributed by atoms with E-state index < -0.39 is 9.84 Å². The Bertz CT molecular complexity index is 900. The van der Waals surface area contributed by atoms with Crippen LogP contribution in [-0.2, 0) is 16.3 Å². The first kappa shape index (κ1) is 21.1. The minimum absolute atomic E-state index is 0.240. The average molecular weight is 423 g/mol. The van der Waals surface area contributed by atoms with Gasteiger partial charge in [-0.15, -0.1) is 0 Å². The second kappa shape index (κ2) is 9.27. The maximum absolute atomic E-state index is 11.5. The third-order valence-corrected chi connectivity index (χ3v) is 6.41. The van der Waals surface area contributed by atoms with Crippen LogP contribution in [0.2, 0.25) is 5.02 Å². The van der Waals surface area contributed by atoms with Gasteiger partial charge < -0.3 is 15.0 Å². The summed E-state index contributed by atoms with van der Waals surface area (Å²) in [7, 11) is -3.18. The van der Waals surface area contributed by atoms with Crippen molar-refractivity contribution in [2.75, 3.05) is 39.0 Å². The molecule has 1 aliphatic rings. The van der Waals surface area contributed by atoms with Gasteiger partial charge >= 0.3 is 0 Å². The summed E-state index contributed by atoms with van der Waals surface area (Å²) in [5.41, 5.74) is 2.57. The van der Waals surface area contributed by atoms with E-state index in [9.17, 15) is 8.42 Å². The van der Waals surface area contributed by atoms with Gasteiger partial charge in [-0.05, 0) is 60.9 Å². The molecule has 1 saturated heterocycles. The normalized spacial score (nSPS) is 18.2. The number of nitrogens with zero attached hydrogens (tertiary/aromatic N) is 1. The molecule has 1 fully saturated rings. The van der Waals surface area contributed by atoms with Gasteiger partial charge in [0.05, 0.1) is 10.9 Å². The summed E-state index contributed by atoms with van der Waals surface area (Å²) in [6.07, 6.45) is 2.18. The number of hydrogen-bond donors (Lipinski definition) is 1. The first-order chi connectivity index (χ1) is 13.3. The number of hydrogen-bond acceptors (Lipinski definition) is 5. The molecule has 1 unspecified atom stereocenters. The van der Waals surface area contributed by atoms with E-state index in [2.05, 4.69) is 29.3 Å². The summed E-state index contributed by atoms with van der Waals surface area (Å²) in [6.45, 7) is 6.51. The van der Waals surface area contributed by atoms with Crippen molar-refractivity contribution in [3.05, 3.63) is 58.6 Å². The minimum Gasteiger partial charge on any atom is -0.492 e. The van der Waals surface area contributed by atoms with E-state index in [4.69, 9.17) is 16.3 Å². The molecule has 0 amide bonds. The largest absolute Gasteiger partial charge is 0.492 e. The zero-order valence-corrected chi connectivity index (χ0v) is 17.9. The molecular weight excluding hydrogens is 396 g/mol. The molecule has 0 radical (unpaired) electrons. The molecule has 1 heterocycles. The van der Waals surface area contributed by atoms with Gasteiger partial charge in [0.1, 0.15) is 12.4 Å². The molecule has 0 aliphatic carbocycles. The first-order valence-corrected chi connectivity index (χ1v) is 11.7. The fourth-order valence-electron chi connectivity index (χ4n) is 3.38. The van der Waals surface area contributed by atoms with Crippen molar-refractivity contribution in [2.24, 2.45) is 0 Å². The zero-order valence-electron chi connectivity index (χ0n) is 16.3. The van der Waals surface area contributed by atoms with E-state index >= 15 is 0 Å². The van der Waals surface area contributed by atoms with Crippen molar-refractivity contribution in [3.63, 3.8) is 0 Å². The van der Waals surface area contributed by atoms with Crippen LogP contribution in [0.4, 0.5) is 0 Å². The van der Waals surface area contributed by atoms with Crippen LogP contribution in [0, 0.1) is 6.92 Å². The Morgan fingerprint density at radius 2 is 1.96 bits per heavy atom. The SMILES string of the molecule is Cc1ccc(Cl)cc1CCN1CCNC(COc2ccc(S(C)(=O)=O)cc2)C1. The molecule has 1 aliphatic heterocycles. The lowest BCUT2D eigenvalue weighted by Crippen LogP contribution is -2.53. The Kier molecular flexibility index (Phi) is 6.99. The summed E-state index contributed by atoms with van der Waals surface area (Å²) in [5.74, 6) is 0.681. The fraction of sp³-hybridized carbons (Fsp3) is 0.429. The summed E-state index contributed by atoms with van der Waals surface area (Å²) >= 11 is 6.12. The maximum atomic E-state index is 11.5. The van der Waals surface area contributed by atoms with E-state index in [0.717, 1.165) is 37.6 Å². The van der Waals surface area contributed by atoms with Gasteiger partial charge in [0.25, 0.3) is 0 Å². The van der Waals surface area contributed by atoms with Crippen LogP contribution in [0.25, 0.3) is 0 Å². The monoisotopic (exact) mass is 422 g/mol. The van der Waals surface area contributed by atoms with Crippen LogP contribution < -0.4 is 10.1 Å². The van der Waals surface area contributed by atoms with Gasteiger partial charge in [0.15, 0.2) is 9.84 Å². The van der Waals surface area contributed by atoms with Crippen molar-refractivity contribution in [1.29, 1.82) is 0 Å². The maximum Gasteiger partial charge on any atom is 0.175 e. The van der Waals surface area contributed by atoms with E-state index in [1.54, 1.807) is 24.3 Å². The first-order valence-electron chi connectivity index (χ1n) is 9.45. The van der Waals surface area contributed by atoms with Crippen molar-refractivity contribution in [2.45, 2.75) is 24.3 Å². The number of sulfone groups is 1. The van der Waals surface area contributed by atoms with E-state index in [1.807, 2.05) is 6.07 Å². The molecule has 3 rings (SSSR count). The number of halogens is 1. The molecule has 7 heteroatoms. The summed E-state index contributed by atoms with van der Waals surface area (Å²) in [4.78, 5) is 2.75. The molecule has 28 heavy (non-hydrogen) atoms. The van der Waals surface area contributed by atoms with Crippen LogP contribution >= 0.6 is 11.6 Å². The molecule has 2 aromatic carbocycles. The zero-order chi connectivity index (χ0) is 20.1. The highest BCUT2D eigenvalue weighted by Gasteiger charge is 2.20. The van der Waals surface area contributed by atoms with Gasteiger partial charge in [-0.1, -0.05) is 17.7 Å². The van der Waals surface area contributed by atoms with Gasteiger partial charge in [0.2, 0.25) is 0 Å². The molecule has 0 saturated carbocycles. The van der Waals surface area contributed by atoms with E-state index in [1.165, 1.54) is 17.4 Å². The van der Waals surface area contributed by atoms with Crippen LogP contribution in [0.5, 0.6) is 5.75 Å². The number of piperazine rings is 1. The second-order valence-electron chi connectivity index (χ2n) is 7.33. The lowest BCUT2D eigenvalue weighted by atomic mass is 10.1. The van der Waals surface area contributed by atoms with Crippen LogP contribution in [0.3, 0.4) is 0 Å². The Hall–Kier alpha value is -1.60. The van der Waals surface area contributed by atoms with Crippen LogP contribution in [0.1, 0.15) is 11.1 Å². The lowest BCUT2D eigenvalue weighted by molar-refractivity contribution is 0.159. The van der Waals surface area contributed by atoms with Gasteiger partial charge in [-0.2, -0.15) is 0 Å². The standard InChI is InChI=1S/C21H27ClN2O3S/c1-16-3-4-18(22)13-17(16)9-11-24-12-10-23-19(14-24)15-27-20-5-7-21(8-6-20)28(2,25)26/h3-8,13,19,23H,9-12,14-15H2,1-2H3. The fourth-order valence-corrected chi connectivity index (χ4v) is 4.20. The molecule has 1 N–H and O–H groups in total. The number of nitrogens with one attached hydrogen (secondary N) is 1. The predicted octanol–water partition coefficient (Wildman–Crippen LogP) is 2.95. The van der Waals surface area contributed by atoms with Crippen molar-refractivity contribution in [1.82, 2.24) is 10.2 Å². The molecule has 152 valence electrons. The quantitative estimate of drug-likeness (QED) is 0.743. The minimum atomic E-state index is -3.18. The molecule has 2 aromatic rings. The third kappa shape index (κ3) is 5.95. The Morgan fingerprint density at radius 3 is 2.68 bits per heavy atom. The summed E-state index contributed by atoms with van der Waals surface area (Å²) < 4.78 is 28.9. The Balaban J connectivity index is 1.49. The number of aryl methyl sites for hydroxylation is 1. The number of rotatable bonds is 7. The van der Waals surface area contributed by atoms with E-state index in [-0.39, 0.29) is 6.04 Å². The molecule has 5 nitrogen and oxygen atoms in total. The summed E-state index contributed by atoms with van der Waals surface area (Å²) in [6, 6.07) is 12.9. The van der Waals surface area contributed by atoms with Crippen molar-refractivity contribution < 1.29 is 13.2 Å². The molecule has 0 aromatic heterocycles. The topological polar surface area (TPSA) is 58.6 Å². The van der Waals surface area contributed by atoms with Crippen molar-refractivity contribution >= 4 is 21.4 Å². The molecule has 0 bridgehead atoms. The number of ether oxygens (including phenoxy) is 1. The van der Waals surface area contributed by atoms with Gasteiger partial charge in [-0.25, -0.2) is 8.42 Å². The molecule has 1 atom stereocenters. The highest BCUT2D eigenvalue weighted by molar-refractivity contribution is 7.90. The van der Waals surface area contributed by atoms with Crippen molar-refractivity contribution in [3.8, 4) is 5.75 Å². The highest BCUT2D eigenvalue weighted by Crippen LogP contribution is 2.18. The lowest BCUT2D eigenvalue weighted by Gasteiger charge is -2.33. The van der Waals surface area contributed by atoms with Crippen LogP contribution in [-0.4, -0.2) is 58.4 Å². The second-order valence-corrected chi connectivity index (χ2v) is 9.78. The van der Waals surface area contributed by atoms with Gasteiger partial charge in [-0.3, -0.25) is 0 Å². The molecular formula is C21H27ClN2O3S. The third-order valence-electron chi connectivity index (χ3n) is 5.05. The van der Waals surface area contributed by atoms with E-state index in [0.29, 0.717) is 17.3 Å². The molecule has 0 spiro atoms. The predicted molar refractivity (Wildman–Crippen MR) is 113 cm³/mol. The number of benzene rings is 2. The summed E-state index contributed by atoms with van der Waals surface area (Å²) in [5, 5.41) is 4.28. The Morgan fingerprint density at radius 1 is 1.21 bits per heavy atom. The van der Waals surface area contributed by atoms with Gasteiger partial charge in [0, 0.05) is 37.5 Å². The highest BCUT2D eigenvalue weighted by atomic mass is 35.5. The van der Waals surface area contributed by atoms with Crippen LogP contribution in [0.15, 0.2) is 47.4 Å². The Labute approximate surface area is 172 Å².